The lowest BCUT2D eigenvalue weighted by Crippen LogP contribution is -2.34. The van der Waals surface area contributed by atoms with Gasteiger partial charge < -0.3 is 10.1 Å². The standard InChI is InChI=1S/C25H19Cl2N3O3S/c26-18-11-9-16(10-12-18)15-33-20-7-3-1-5-17(20)13-29-30-22(31)14-28-25(32)24-23(27)19-6-2-4-8-21(19)34-24/h1-13H,14-15H2,(H,28,32)(H,30,31)/b29-13-. The maximum atomic E-state index is 12.5. The molecule has 2 amide bonds. The number of halogens is 2. The maximum absolute atomic E-state index is 12.5. The van der Waals surface area contributed by atoms with E-state index in [1.807, 2.05) is 60.7 Å². The molecule has 0 saturated carbocycles. The van der Waals surface area contributed by atoms with Crippen molar-refractivity contribution in [3.05, 3.63) is 98.8 Å². The Morgan fingerprint density at radius 2 is 1.71 bits per heavy atom. The van der Waals surface area contributed by atoms with Gasteiger partial charge in [0.25, 0.3) is 11.8 Å². The minimum atomic E-state index is -0.471. The molecule has 0 aliphatic heterocycles. The SMILES string of the molecule is O=C(CNC(=O)c1sc2ccccc2c1Cl)N/N=C\c1ccccc1OCc1ccc(Cl)cc1. The largest absolute Gasteiger partial charge is 0.488 e. The highest BCUT2D eigenvalue weighted by Crippen LogP contribution is 2.34. The molecule has 0 radical (unpaired) electrons. The smallest absolute Gasteiger partial charge is 0.263 e. The van der Waals surface area contributed by atoms with Crippen LogP contribution in [0.2, 0.25) is 10.0 Å². The molecule has 0 saturated heterocycles. The summed E-state index contributed by atoms with van der Waals surface area (Å²) in [4.78, 5) is 25.0. The predicted octanol–water partition coefficient (Wildman–Crippen LogP) is 5.67. The summed E-state index contributed by atoms with van der Waals surface area (Å²) in [5.74, 6) is -0.268. The molecule has 1 heterocycles. The van der Waals surface area contributed by atoms with Gasteiger partial charge in [0.2, 0.25) is 0 Å². The summed E-state index contributed by atoms with van der Waals surface area (Å²) in [6.07, 6.45) is 1.49. The van der Waals surface area contributed by atoms with Crippen molar-refractivity contribution in [1.82, 2.24) is 10.7 Å². The molecule has 0 unspecified atom stereocenters. The molecule has 0 bridgehead atoms. The molecule has 9 heteroatoms. The second kappa shape index (κ2) is 11.2. The van der Waals surface area contributed by atoms with Crippen molar-refractivity contribution in [2.24, 2.45) is 5.10 Å². The number of fused-ring (bicyclic) bond motifs is 1. The Balaban J connectivity index is 1.30. The van der Waals surface area contributed by atoms with Gasteiger partial charge in [0.1, 0.15) is 17.2 Å². The highest BCUT2D eigenvalue weighted by atomic mass is 35.5. The molecule has 3 aromatic carbocycles. The third-order valence-electron chi connectivity index (χ3n) is 4.77. The van der Waals surface area contributed by atoms with E-state index in [0.717, 1.165) is 15.6 Å². The number of benzene rings is 3. The van der Waals surface area contributed by atoms with E-state index in [2.05, 4.69) is 15.8 Å². The Labute approximate surface area is 210 Å². The summed E-state index contributed by atoms with van der Waals surface area (Å²) in [7, 11) is 0. The lowest BCUT2D eigenvalue weighted by molar-refractivity contribution is -0.120. The van der Waals surface area contributed by atoms with Gasteiger partial charge in [0.05, 0.1) is 17.8 Å². The van der Waals surface area contributed by atoms with Gasteiger partial charge in [-0.15, -0.1) is 11.3 Å². The molecule has 0 atom stereocenters. The van der Waals surface area contributed by atoms with E-state index in [4.69, 9.17) is 27.9 Å². The van der Waals surface area contributed by atoms with Crippen LogP contribution in [-0.2, 0) is 11.4 Å². The topological polar surface area (TPSA) is 79.8 Å². The van der Waals surface area contributed by atoms with Crippen LogP contribution in [0.5, 0.6) is 5.75 Å². The predicted molar refractivity (Wildman–Crippen MR) is 137 cm³/mol. The van der Waals surface area contributed by atoms with Gasteiger partial charge in [-0.1, -0.05) is 65.7 Å². The average molecular weight is 512 g/mol. The van der Waals surface area contributed by atoms with Crippen molar-refractivity contribution < 1.29 is 14.3 Å². The minimum Gasteiger partial charge on any atom is -0.488 e. The van der Waals surface area contributed by atoms with E-state index in [-0.39, 0.29) is 6.54 Å². The van der Waals surface area contributed by atoms with Crippen LogP contribution in [-0.4, -0.2) is 24.6 Å². The number of nitrogens with zero attached hydrogens (tertiary/aromatic N) is 1. The molecule has 0 fully saturated rings. The highest BCUT2D eigenvalue weighted by Gasteiger charge is 2.17. The van der Waals surface area contributed by atoms with Crippen molar-refractivity contribution in [3.63, 3.8) is 0 Å². The quantitative estimate of drug-likeness (QED) is 0.236. The van der Waals surface area contributed by atoms with Crippen LogP contribution in [0, 0.1) is 0 Å². The number of hydrogen-bond donors (Lipinski definition) is 2. The Morgan fingerprint density at radius 3 is 2.50 bits per heavy atom. The first kappa shape index (κ1) is 23.8. The summed E-state index contributed by atoms with van der Waals surface area (Å²) < 4.78 is 6.78. The summed E-state index contributed by atoms with van der Waals surface area (Å²) in [5.41, 5.74) is 4.07. The second-order valence-corrected chi connectivity index (χ2v) is 9.04. The van der Waals surface area contributed by atoms with E-state index in [1.165, 1.54) is 17.6 Å². The lowest BCUT2D eigenvalue weighted by atomic mass is 10.2. The first-order valence-electron chi connectivity index (χ1n) is 10.2. The van der Waals surface area contributed by atoms with Crippen molar-refractivity contribution in [2.45, 2.75) is 6.61 Å². The number of hydrogen-bond acceptors (Lipinski definition) is 5. The lowest BCUT2D eigenvalue weighted by Gasteiger charge is -2.09. The molecule has 34 heavy (non-hydrogen) atoms. The zero-order valence-corrected chi connectivity index (χ0v) is 20.1. The molecule has 4 rings (SSSR count). The highest BCUT2D eigenvalue weighted by molar-refractivity contribution is 7.21. The van der Waals surface area contributed by atoms with Crippen LogP contribution >= 0.6 is 34.5 Å². The molecule has 172 valence electrons. The van der Waals surface area contributed by atoms with Gasteiger partial charge in [-0.05, 0) is 35.9 Å². The van der Waals surface area contributed by atoms with Gasteiger partial charge in [0.15, 0.2) is 0 Å². The summed E-state index contributed by atoms with van der Waals surface area (Å²) >= 11 is 13.5. The number of nitrogens with one attached hydrogen (secondary N) is 2. The third kappa shape index (κ3) is 5.94. The van der Waals surface area contributed by atoms with Crippen molar-refractivity contribution in [3.8, 4) is 5.75 Å². The average Bonchev–Trinajstić information content (AvgIpc) is 3.19. The third-order valence-corrected chi connectivity index (χ3v) is 6.70. The van der Waals surface area contributed by atoms with Crippen molar-refractivity contribution in [1.29, 1.82) is 0 Å². The number of hydrazone groups is 1. The molecule has 1 aromatic heterocycles. The van der Waals surface area contributed by atoms with Crippen LogP contribution < -0.4 is 15.5 Å². The van der Waals surface area contributed by atoms with Gasteiger partial charge in [0, 0.05) is 20.7 Å². The fourth-order valence-corrected chi connectivity index (χ4v) is 4.63. The Hall–Kier alpha value is -3.39. The summed E-state index contributed by atoms with van der Waals surface area (Å²) in [6.45, 7) is 0.121. The number of thiophene rings is 1. The van der Waals surface area contributed by atoms with E-state index in [0.29, 0.717) is 32.8 Å². The monoisotopic (exact) mass is 511 g/mol. The molecule has 0 aliphatic carbocycles. The fraction of sp³-hybridized carbons (Fsp3) is 0.0800. The summed E-state index contributed by atoms with van der Waals surface area (Å²) in [6, 6.07) is 22.2. The number of para-hydroxylation sites is 1. The van der Waals surface area contributed by atoms with Crippen LogP contribution in [0.25, 0.3) is 10.1 Å². The number of amides is 2. The van der Waals surface area contributed by atoms with Crippen LogP contribution in [0.3, 0.4) is 0 Å². The minimum absolute atomic E-state index is 0.241. The van der Waals surface area contributed by atoms with E-state index >= 15 is 0 Å². The van der Waals surface area contributed by atoms with Crippen molar-refractivity contribution >= 4 is 62.7 Å². The number of carbonyl (C=O) groups excluding carboxylic acids is 2. The molecule has 4 aromatic rings. The first-order chi connectivity index (χ1) is 16.5. The number of rotatable bonds is 8. The molecule has 6 nitrogen and oxygen atoms in total. The van der Waals surface area contributed by atoms with E-state index in [9.17, 15) is 9.59 Å². The second-order valence-electron chi connectivity index (χ2n) is 7.17. The number of ether oxygens (including phenoxy) is 1. The van der Waals surface area contributed by atoms with Crippen LogP contribution in [0.15, 0.2) is 77.9 Å². The molecule has 0 spiro atoms. The Kier molecular flexibility index (Phi) is 7.80. The normalized spacial score (nSPS) is 11.0. The van der Waals surface area contributed by atoms with Gasteiger partial charge in [-0.25, -0.2) is 5.43 Å². The molecule has 2 N–H and O–H groups in total. The van der Waals surface area contributed by atoms with Gasteiger partial charge >= 0.3 is 0 Å². The summed E-state index contributed by atoms with van der Waals surface area (Å²) in [5, 5.41) is 8.40. The zero-order valence-electron chi connectivity index (χ0n) is 17.8. The fourth-order valence-electron chi connectivity index (χ4n) is 3.07. The van der Waals surface area contributed by atoms with Crippen molar-refractivity contribution in [2.75, 3.05) is 6.54 Å². The van der Waals surface area contributed by atoms with E-state index < -0.39 is 11.8 Å². The van der Waals surface area contributed by atoms with Crippen LogP contribution in [0.1, 0.15) is 20.8 Å². The molecular formula is C25H19Cl2N3O3S. The Bertz CT molecular complexity index is 1350. The number of carbonyl (C=O) groups is 2. The molecular weight excluding hydrogens is 493 g/mol. The first-order valence-corrected chi connectivity index (χ1v) is 11.8. The maximum Gasteiger partial charge on any atom is 0.263 e. The Morgan fingerprint density at radius 1 is 0.971 bits per heavy atom. The van der Waals surface area contributed by atoms with E-state index in [1.54, 1.807) is 12.1 Å². The van der Waals surface area contributed by atoms with Gasteiger partial charge in [-0.2, -0.15) is 5.10 Å². The zero-order chi connectivity index (χ0) is 23.9. The van der Waals surface area contributed by atoms with Crippen LogP contribution in [0.4, 0.5) is 0 Å². The molecule has 0 aliphatic rings. The van der Waals surface area contributed by atoms with Gasteiger partial charge in [-0.3, -0.25) is 9.59 Å².